The van der Waals surface area contributed by atoms with E-state index in [4.69, 9.17) is 10.7 Å². The van der Waals surface area contributed by atoms with Gasteiger partial charge in [0, 0.05) is 22.3 Å². The molecule has 1 aliphatic rings. The van der Waals surface area contributed by atoms with Gasteiger partial charge in [-0.3, -0.25) is 4.79 Å². The minimum absolute atomic E-state index is 0.0445. The van der Waals surface area contributed by atoms with Crippen LogP contribution >= 0.6 is 10.7 Å². The molecule has 1 saturated carbocycles. The largest absolute Gasteiger partial charge is 0.349 e. The molecule has 0 spiro atoms. The zero-order chi connectivity index (χ0) is 15.6. The van der Waals surface area contributed by atoms with Crippen molar-refractivity contribution in [3.8, 4) is 0 Å². The second kappa shape index (κ2) is 6.36. The van der Waals surface area contributed by atoms with E-state index in [0.29, 0.717) is 11.5 Å². The summed E-state index contributed by atoms with van der Waals surface area (Å²) < 4.78 is 22.8. The van der Waals surface area contributed by atoms with E-state index in [-0.39, 0.29) is 16.8 Å². The Morgan fingerprint density at radius 1 is 1.33 bits per heavy atom. The average Bonchev–Trinajstić information content (AvgIpc) is 2.37. The van der Waals surface area contributed by atoms with E-state index in [1.54, 1.807) is 13.0 Å². The number of hydrogen-bond donors (Lipinski definition) is 1. The van der Waals surface area contributed by atoms with Crippen molar-refractivity contribution in [3.05, 3.63) is 29.3 Å². The number of hydrogen-bond acceptors (Lipinski definition) is 3. The number of rotatable bonds is 3. The molecule has 4 nitrogen and oxygen atoms in total. The first-order valence-electron chi connectivity index (χ1n) is 7.13. The fraction of sp³-hybridized carbons (Fsp3) is 0.533. The van der Waals surface area contributed by atoms with Crippen molar-refractivity contribution in [1.29, 1.82) is 0 Å². The molecule has 2 rings (SSSR count). The monoisotopic (exact) mass is 329 g/mol. The lowest BCUT2D eigenvalue weighted by atomic mass is 9.87. The van der Waals surface area contributed by atoms with Crippen LogP contribution in [-0.4, -0.2) is 20.4 Å². The van der Waals surface area contributed by atoms with E-state index in [1.807, 2.05) is 0 Å². The molecule has 2 unspecified atom stereocenters. The van der Waals surface area contributed by atoms with Gasteiger partial charge in [0.05, 0.1) is 4.90 Å². The second-order valence-electron chi connectivity index (χ2n) is 5.86. The highest BCUT2D eigenvalue weighted by atomic mass is 35.7. The minimum atomic E-state index is -3.83. The molecule has 1 aromatic carbocycles. The highest BCUT2D eigenvalue weighted by molar-refractivity contribution is 8.13. The number of halogens is 1. The van der Waals surface area contributed by atoms with Crippen LogP contribution in [0.25, 0.3) is 0 Å². The van der Waals surface area contributed by atoms with Gasteiger partial charge in [-0.1, -0.05) is 25.8 Å². The number of aryl methyl sites for hydroxylation is 1. The predicted octanol–water partition coefficient (Wildman–Crippen LogP) is 3.23. The molecule has 1 N–H and O–H groups in total. The highest BCUT2D eigenvalue weighted by Crippen LogP contribution is 2.24. The van der Waals surface area contributed by atoms with E-state index < -0.39 is 9.05 Å². The Morgan fingerprint density at radius 2 is 2.05 bits per heavy atom. The van der Waals surface area contributed by atoms with Crippen LogP contribution in [-0.2, 0) is 9.05 Å². The van der Waals surface area contributed by atoms with Crippen LogP contribution in [0, 0.1) is 12.8 Å². The summed E-state index contributed by atoms with van der Waals surface area (Å²) >= 11 is 0. The number of carbonyl (C=O) groups is 1. The Bertz CT molecular complexity index is 642. The zero-order valence-corrected chi connectivity index (χ0v) is 13.8. The molecule has 0 heterocycles. The molecule has 0 saturated heterocycles. The molecule has 2 atom stereocenters. The summed E-state index contributed by atoms with van der Waals surface area (Å²) in [5, 5.41) is 3.01. The molecule has 1 fully saturated rings. The van der Waals surface area contributed by atoms with Gasteiger partial charge >= 0.3 is 0 Å². The maximum absolute atomic E-state index is 12.4. The van der Waals surface area contributed by atoms with Crippen molar-refractivity contribution >= 4 is 25.6 Å². The molecular weight excluding hydrogens is 310 g/mol. The molecule has 0 aliphatic heterocycles. The van der Waals surface area contributed by atoms with E-state index in [0.717, 1.165) is 24.8 Å². The van der Waals surface area contributed by atoms with Crippen molar-refractivity contribution in [2.45, 2.75) is 50.5 Å². The summed E-state index contributed by atoms with van der Waals surface area (Å²) in [5.74, 6) is 0.383. The standard InChI is InChI=1S/C15H20ClNO3S/c1-10-4-3-5-12(8-10)17-15(18)14-9-13(21(16,19)20)7-6-11(14)2/h6-7,9-10,12H,3-5,8H2,1-2H3,(H,17,18). The smallest absolute Gasteiger partial charge is 0.261 e. The Balaban J connectivity index is 2.18. The first kappa shape index (κ1) is 16.3. The van der Waals surface area contributed by atoms with Gasteiger partial charge < -0.3 is 5.32 Å². The molecule has 116 valence electrons. The molecule has 0 bridgehead atoms. The van der Waals surface area contributed by atoms with E-state index in [9.17, 15) is 13.2 Å². The lowest BCUT2D eigenvalue weighted by Gasteiger charge is -2.27. The zero-order valence-electron chi connectivity index (χ0n) is 12.2. The second-order valence-corrected chi connectivity index (χ2v) is 8.42. The normalized spacial score (nSPS) is 22.8. The van der Waals surface area contributed by atoms with Crippen LogP contribution in [0.4, 0.5) is 0 Å². The number of carbonyl (C=O) groups excluding carboxylic acids is 1. The topological polar surface area (TPSA) is 63.2 Å². The maximum atomic E-state index is 12.4. The summed E-state index contributed by atoms with van der Waals surface area (Å²) in [7, 11) is 1.51. The van der Waals surface area contributed by atoms with Gasteiger partial charge in [-0.2, -0.15) is 0 Å². The molecular formula is C15H20ClNO3S. The van der Waals surface area contributed by atoms with Gasteiger partial charge in [0.1, 0.15) is 0 Å². The lowest BCUT2D eigenvalue weighted by molar-refractivity contribution is 0.0920. The Kier molecular flexibility index (Phi) is 4.94. The van der Waals surface area contributed by atoms with E-state index in [2.05, 4.69) is 12.2 Å². The summed E-state index contributed by atoms with van der Waals surface area (Å²) in [6.45, 7) is 3.97. The molecule has 1 aromatic rings. The first-order chi connectivity index (χ1) is 9.77. The number of benzene rings is 1. The first-order valence-corrected chi connectivity index (χ1v) is 9.44. The summed E-state index contributed by atoms with van der Waals surface area (Å²) in [4.78, 5) is 12.3. The van der Waals surface area contributed by atoms with Crippen molar-refractivity contribution in [2.75, 3.05) is 0 Å². The van der Waals surface area contributed by atoms with Gasteiger partial charge in [-0.05, 0) is 43.4 Å². The fourth-order valence-corrected chi connectivity index (χ4v) is 3.60. The van der Waals surface area contributed by atoms with Crippen molar-refractivity contribution in [2.24, 2.45) is 5.92 Å². The Hall–Kier alpha value is -1.07. The van der Waals surface area contributed by atoms with E-state index >= 15 is 0 Å². The van der Waals surface area contributed by atoms with Gasteiger partial charge in [-0.25, -0.2) is 8.42 Å². The molecule has 6 heteroatoms. The number of amides is 1. The molecule has 1 aliphatic carbocycles. The summed E-state index contributed by atoms with van der Waals surface area (Å²) in [6, 6.07) is 4.53. The highest BCUT2D eigenvalue weighted by Gasteiger charge is 2.22. The molecule has 0 radical (unpaired) electrons. The van der Waals surface area contributed by atoms with Gasteiger partial charge in [-0.15, -0.1) is 0 Å². The third-order valence-corrected chi connectivity index (χ3v) is 5.36. The molecule has 1 amide bonds. The summed E-state index contributed by atoms with van der Waals surface area (Å²) in [5.41, 5.74) is 1.11. The SMILES string of the molecule is Cc1ccc(S(=O)(=O)Cl)cc1C(=O)NC1CCCC(C)C1. The van der Waals surface area contributed by atoms with Crippen molar-refractivity contribution in [1.82, 2.24) is 5.32 Å². The van der Waals surface area contributed by atoms with E-state index in [1.165, 1.54) is 18.6 Å². The van der Waals surface area contributed by atoms with Crippen LogP contribution in [0.5, 0.6) is 0 Å². The third kappa shape index (κ3) is 4.20. The van der Waals surface area contributed by atoms with Gasteiger partial charge in [0.25, 0.3) is 15.0 Å². The lowest BCUT2D eigenvalue weighted by Crippen LogP contribution is -2.38. The van der Waals surface area contributed by atoms with Crippen LogP contribution in [0.15, 0.2) is 23.1 Å². The maximum Gasteiger partial charge on any atom is 0.261 e. The van der Waals surface area contributed by atoms with Crippen molar-refractivity contribution in [3.63, 3.8) is 0 Å². The minimum Gasteiger partial charge on any atom is -0.349 e. The summed E-state index contributed by atoms with van der Waals surface area (Å²) in [6.07, 6.45) is 4.26. The predicted molar refractivity (Wildman–Crippen MR) is 83.1 cm³/mol. The van der Waals surface area contributed by atoms with Crippen LogP contribution in [0.3, 0.4) is 0 Å². The average molecular weight is 330 g/mol. The van der Waals surface area contributed by atoms with Crippen LogP contribution in [0.1, 0.15) is 48.5 Å². The van der Waals surface area contributed by atoms with Crippen molar-refractivity contribution < 1.29 is 13.2 Å². The molecule has 21 heavy (non-hydrogen) atoms. The van der Waals surface area contributed by atoms with Crippen LogP contribution < -0.4 is 5.32 Å². The van der Waals surface area contributed by atoms with Crippen LogP contribution in [0.2, 0.25) is 0 Å². The van der Waals surface area contributed by atoms with Gasteiger partial charge in [0.15, 0.2) is 0 Å². The molecule has 0 aromatic heterocycles. The Labute approximate surface area is 130 Å². The quantitative estimate of drug-likeness (QED) is 0.866. The Morgan fingerprint density at radius 3 is 2.67 bits per heavy atom. The fourth-order valence-electron chi connectivity index (χ4n) is 2.83. The number of nitrogens with one attached hydrogen (secondary N) is 1. The third-order valence-electron chi connectivity index (χ3n) is 4.01. The van der Waals surface area contributed by atoms with Gasteiger partial charge in [0.2, 0.25) is 0 Å².